The van der Waals surface area contributed by atoms with Crippen LogP contribution in [0.3, 0.4) is 0 Å². The van der Waals surface area contributed by atoms with Gasteiger partial charge in [0.1, 0.15) is 5.82 Å². The number of nitrogen functional groups attached to an aromatic ring is 1. The van der Waals surface area contributed by atoms with E-state index < -0.39 is 0 Å². The number of nitrogens with zero attached hydrogens (tertiary/aromatic N) is 1. The van der Waals surface area contributed by atoms with Crippen molar-refractivity contribution in [1.29, 1.82) is 0 Å². The normalized spacial score (nSPS) is 12.7. The van der Waals surface area contributed by atoms with Crippen molar-refractivity contribution in [1.82, 2.24) is 4.90 Å². The van der Waals surface area contributed by atoms with E-state index in [2.05, 4.69) is 11.8 Å². The first kappa shape index (κ1) is 14.8. The van der Waals surface area contributed by atoms with Gasteiger partial charge in [-0.1, -0.05) is 29.8 Å². The van der Waals surface area contributed by atoms with Crippen LogP contribution in [0.25, 0.3) is 0 Å². The topological polar surface area (TPSA) is 29.3 Å². The van der Waals surface area contributed by atoms with E-state index in [1.54, 1.807) is 12.1 Å². The average Bonchev–Trinajstić information content (AvgIpc) is 2.43. The highest BCUT2D eigenvalue weighted by Gasteiger charge is 2.15. The molecule has 0 spiro atoms. The van der Waals surface area contributed by atoms with Gasteiger partial charge in [0, 0.05) is 28.9 Å². The minimum atomic E-state index is -0.264. The highest BCUT2D eigenvalue weighted by atomic mass is 35.5. The molecule has 0 fully saturated rings. The van der Waals surface area contributed by atoms with Crippen LogP contribution in [0.4, 0.5) is 10.1 Å². The molecule has 4 heteroatoms. The summed E-state index contributed by atoms with van der Waals surface area (Å²) in [5.41, 5.74) is 8.00. The summed E-state index contributed by atoms with van der Waals surface area (Å²) in [6.45, 7) is 2.53. The van der Waals surface area contributed by atoms with Crippen LogP contribution < -0.4 is 5.73 Å². The van der Waals surface area contributed by atoms with Gasteiger partial charge in [0.25, 0.3) is 0 Å². The first-order valence-electron chi connectivity index (χ1n) is 6.47. The Labute approximate surface area is 124 Å². The fraction of sp³-hybridized carbons (Fsp3) is 0.250. The van der Waals surface area contributed by atoms with Crippen molar-refractivity contribution in [3.8, 4) is 0 Å². The van der Waals surface area contributed by atoms with Crippen molar-refractivity contribution in [2.45, 2.75) is 19.5 Å². The van der Waals surface area contributed by atoms with Gasteiger partial charge in [-0.15, -0.1) is 0 Å². The van der Waals surface area contributed by atoms with Gasteiger partial charge in [-0.05, 0) is 43.8 Å². The predicted molar refractivity (Wildman–Crippen MR) is 82.1 cm³/mol. The molecule has 0 radical (unpaired) electrons. The first-order valence-corrected chi connectivity index (χ1v) is 6.85. The molecule has 0 aromatic heterocycles. The lowest BCUT2D eigenvalue weighted by molar-refractivity contribution is 0.250. The van der Waals surface area contributed by atoms with Crippen LogP contribution in [0.5, 0.6) is 0 Å². The molecule has 0 aliphatic rings. The third-order valence-corrected chi connectivity index (χ3v) is 3.83. The van der Waals surface area contributed by atoms with Gasteiger partial charge in [-0.3, -0.25) is 4.90 Å². The first-order chi connectivity index (χ1) is 9.49. The van der Waals surface area contributed by atoms with Gasteiger partial charge in [0.05, 0.1) is 0 Å². The summed E-state index contributed by atoms with van der Waals surface area (Å²) < 4.78 is 13.8. The van der Waals surface area contributed by atoms with Crippen molar-refractivity contribution in [2.24, 2.45) is 0 Å². The molecule has 2 nitrogen and oxygen atoms in total. The number of halogens is 2. The summed E-state index contributed by atoms with van der Waals surface area (Å²) in [7, 11) is 1.95. The molecule has 20 heavy (non-hydrogen) atoms. The van der Waals surface area contributed by atoms with Gasteiger partial charge >= 0.3 is 0 Å². The quantitative estimate of drug-likeness (QED) is 0.854. The Hall–Kier alpha value is -1.58. The zero-order chi connectivity index (χ0) is 14.7. The number of hydrogen-bond acceptors (Lipinski definition) is 2. The molecule has 1 atom stereocenters. The summed E-state index contributed by atoms with van der Waals surface area (Å²) in [6.07, 6.45) is 0. The van der Waals surface area contributed by atoms with Gasteiger partial charge in [0.2, 0.25) is 0 Å². The van der Waals surface area contributed by atoms with Crippen LogP contribution >= 0.6 is 11.6 Å². The molecule has 0 saturated carbocycles. The third kappa shape index (κ3) is 3.30. The third-order valence-electron chi connectivity index (χ3n) is 3.58. The highest BCUT2D eigenvalue weighted by molar-refractivity contribution is 6.30. The van der Waals surface area contributed by atoms with E-state index in [0.29, 0.717) is 22.8 Å². The molecule has 106 valence electrons. The van der Waals surface area contributed by atoms with Gasteiger partial charge in [0.15, 0.2) is 0 Å². The monoisotopic (exact) mass is 292 g/mol. The van der Waals surface area contributed by atoms with E-state index in [0.717, 1.165) is 5.56 Å². The zero-order valence-electron chi connectivity index (χ0n) is 11.6. The number of anilines is 1. The van der Waals surface area contributed by atoms with Crippen LogP contribution in [0, 0.1) is 5.82 Å². The number of nitrogens with two attached hydrogens (primary N) is 1. The number of rotatable bonds is 4. The Balaban J connectivity index is 2.15. The maximum absolute atomic E-state index is 13.8. The van der Waals surface area contributed by atoms with E-state index in [1.807, 2.05) is 31.3 Å². The van der Waals surface area contributed by atoms with Crippen molar-refractivity contribution in [2.75, 3.05) is 12.8 Å². The smallest absolute Gasteiger partial charge is 0.129 e. The summed E-state index contributed by atoms with van der Waals surface area (Å²) in [5.74, 6) is -0.264. The van der Waals surface area contributed by atoms with Gasteiger partial charge < -0.3 is 5.73 Å². The maximum atomic E-state index is 13.8. The molecule has 0 aliphatic heterocycles. The van der Waals surface area contributed by atoms with E-state index in [9.17, 15) is 4.39 Å². The molecule has 0 aliphatic carbocycles. The zero-order valence-corrected chi connectivity index (χ0v) is 12.4. The molecule has 0 saturated heterocycles. The van der Waals surface area contributed by atoms with Crippen LogP contribution in [0.1, 0.15) is 24.1 Å². The van der Waals surface area contributed by atoms with Crippen molar-refractivity contribution >= 4 is 17.3 Å². The molecular formula is C16H18ClFN2. The molecule has 2 aromatic carbocycles. The molecule has 2 N–H and O–H groups in total. The molecular weight excluding hydrogens is 275 g/mol. The molecule has 2 rings (SSSR count). The summed E-state index contributed by atoms with van der Waals surface area (Å²) >= 11 is 5.89. The SMILES string of the molecule is CC(c1ccc(Cl)cc1)N(C)Cc1c(N)cccc1F. The van der Waals surface area contributed by atoms with Crippen molar-refractivity contribution in [3.05, 3.63) is 64.4 Å². The summed E-state index contributed by atoms with van der Waals surface area (Å²) in [5, 5.41) is 0.710. The lowest BCUT2D eigenvalue weighted by Crippen LogP contribution is -2.23. The molecule has 0 amide bonds. The summed E-state index contributed by atoms with van der Waals surface area (Å²) in [4.78, 5) is 2.05. The maximum Gasteiger partial charge on any atom is 0.129 e. The second-order valence-corrected chi connectivity index (χ2v) is 5.39. The van der Waals surface area contributed by atoms with Gasteiger partial charge in [-0.2, -0.15) is 0 Å². The van der Waals surface area contributed by atoms with Crippen LogP contribution in [-0.2, 0) is 6.54 Å². The molecule has 1 unspecified atom stereocenters. The Bertz CT molecular complexity index is 563. The van der Waals surface area contributed by atoms with E-state index in [4.69, 9.17) is 17.3 Å². The van der Waals surface area contributed by atoms with Gasteiger partial charge in [-0.25, -0.2) is 4.39 Å². The second kappa shape index (κ2) is 6.25. The largest absolute Gasteiger partial charge is 0.398 e. The Kier molecular flexibility index (Phi) is 4.63. The lowest BCUT2D eigenvalue weighted by Gasteiger charge is -2.26. The van der Waals surface area contributed by atoms with E-state index in [1.165, 1.54) is 6.07 Å². The van der Waals surface area contributed by atoms with Crippen molar-refractivity contribution < 1.29 is 4.39 Å². The van der Waals surface area contributed by atoms with Crippen LogP contribution in [0.2, 0.25) is 5.02 Å². The molecule has 2 aromatic rings. The molecule has 0 heterocycles. The predicted octanol–water partition coefficient (Wildman–Crippen LogP) is 4.25. The fourth-order valence-electron chi connectivity index (χ4n) is 2.12. The number of benzene rings is 2. The molecule has 0 bridgehead atoms. The second-order valence-electron chi connectivity index (χ2n) is 4.95. The van der Waals surface area contributed by atoms with E-state index in [-0.39, 0.29) is 11.9 Å². The van der Waals surface area contributed by atoms with Crippen LogP contribution in [0.15, 0.2) is 42.5 Å². The van der Waals surface area contributed by atoms with E-state index >= 15 is 0 Å². The highest BCUT2D eigenvalue weighted by Crippen LogP contribution is 2.25. The summed E-state index contributed by atoms with van der Waals surface area (Å²) in [6, 6.07) is 12.6. The standard InChI is InChI=1S/C16H18ClFN2/c1-11(12-6-8-13(17)9-7-12)20(2)10-14-15(18)4-3-5-16(14)19/h3-9,11H,10,19H2,1-2H3. The number of hydrogen-bond donors (Lipinski definition) is 1. The van der Waals surface area contributed by atoms with Crippen molar-refractivity contribution in [3.63, 3.8) is 0 Å². The Morgan fingerprint density at radius 2 is 1.85 bits per heavy atom. The fourth-order valence-corrected chi connectivity index (χ4v) is 2.25. The minimum Gasteiger partial charge on any atom is -0.398 e. The Morgan fingerprint density at radius 3 is 2.45 bits per heavy atom. The average molecular weight is 293 g/mol. The lowest BCUT2D eigenvalue weighted by atomic mass is 10.1. The minimum absolute atomic E-state index is 0.145. The van der Waals surface area contributed by atoms with Crippen LogP contribution in [-0.4, -0.2) is 11.9 Å². The Morgan fingerprint density at radius 1 is 1.20 bits per heavy atom.